The van der Waals surface area contributed by atoms with E-state index in [1.807, 2.05) is 21.0 Å². The Labute approximate surface area is 118 Å². The molecule has 5 heteroatoms. The monoisotopic (exact) mass is 280 g/mol. The van der Waals surface area contributed by atoms with Crippen LogP contribution in [0.15, 0.2) is 24.3 Å². The molecule has 4 nitrogen and oxygen atoms in total. The second kappa shape index (κ2) is 6.30. The molecule has 0 aromatic heterocycles. The third kappa shape index (κ3) is 3.42. The fourth-order valence-electron chi connectivity index (χ4n) is 1.99. The summed E-state index contributed by atoms with van der Waals surface area (Å²) in [5.41, 5.74) is 2.37. The van der Waals surface area contributed by atoms with Crippen LogP contribution in [-0.4, -0.2) is 38.5 Å². The molecule has 1 saturated heterocycles. The number of rotatable bonds is 4. The van der Waals surface area contributed by atoms with Gasteiger partial charge in [-0.3, -0.25) is 10.1 Å². The average Bonchev–Trinajstić information content (AvgIpc) is 2.89. The lowest BCUT2D eigenvalue weighted by atomic mass is 10.2. The maximum Gasteiger partial charge on any atom is 0.324 e. The summed E-state index contributed by atoms with van der Waals surface area (Å²) in [7, 11) is 4.04. The highest BCUT2D eigenvalue weighted by Crippen LogP contribution is 2.33. The van der Waals surface area contributed by atoms with E-state index in [2.05, 4.69) is 34.5 Å². The molecule has 1 heterocycles. The number of nitrogens with one attached hydrogen (secondary N) is 1. The van der Waals surface area contributed by atoms with Crippen molar-refractivity contribution in [2.75, 3.05) is 31.4 Å². The third-order valence-electron chi connectivity index (χ3n) is 3.07. The number of anilines is 1. The summed E-state index contributed by atoms with van der Waals surface area (Å²) in [6.45, 7) is 2.27. The van der Waals surface area contributed by atoms with E-state index in [-0.39, 0.29) is 17.4 Å². The van der Waals surface area contributed by atoms with Crippen molar-refractivity contribution in [1.82, 2.24) is 5.32 Å². The van der Waals surface area contributed by atoms with Crippen molar-refractivity contribution < 1.29 is 9.53 Å². The highest BCUT2D eigenvalue weighted by Gasteiger charge is 2.31. The Bertz CT molecular complexity index is 434. The van der Waals surface area contributed by atoms with Gasteiger partial charge in [0.15, 0.2) is 0 Å². The quantitative estimate of drug-likeness (QED) is 0.855. The van der Waals surface area contributed by atoms with Gasteiger partial charge >= 0.3 is 5.97 Å². The van der Waals surface area contributed by atoms with Gasteiger partial charge in [0.25, 0.3) is 0 Å². The van der Waals surface area contributed by atoms with Gasteiger partial charge in [0.05, 0.1) is 12.0 Å². The third-order valence-corrected chi connectivity index (χ3v) is 4.33. The predicted molar refractivity (Wildman–Crippen MR) is 79.5 cm³/mol. The molecule has 0 saturated carbocycles. The molecule has 1 aromatic carbocycles. The Hall–Kier alpha value is -1.20. The van der Waals surface area contributed by atoms with Crippen molar-refractivity contribution in [3.8, 4) is 0 Å². The van der Waals surface area contributed by atoms with Crippen molar-refractivity contribution >= 4 is 23.4 Å². The SMILES string of the molecule is CCOC(=O)[C@@H]1CSC(c2ccc(N(C)C)cc2)N1. The summed E-state index contributed by atoms with van der Waals surface area (Å²) in [6.07, 6.45) is 0. The number of hydrogen-bond acceptors (Lipinski definition) is 5. The number of nitrogens with zero attached hydrogens (tertiary/aromatic N) is 1. The van der Waals surface area contributed by atoms with Crippen LogP contribution in [0.3, 0.4) is 0 Å². The van der Waals surface area contributed by atoms with Crippen molar-refractivity contribution in [2.45, 2.75) is 18.3 Å². The predicted octanol–water partition coefficient (Wildman–Crippen LogP) is 2.02. The molecule has 1 fully saturated rings. The summed E-state index contributed by atoms with van der Waals surface area (Å²) < 4.78 is 5.04. The normalized spacial score (nSPS) is 22.3. The van der Waals surface area contributed by atoms with Crippen molar-refractivity contribution in [3.05, 3.63) is 29.8 Å². The number of esters is 1. The number of thioether (sulfide) groups is 1. The molecule has 104 valence electrons. The van der Waals surface area contributed by atoms with E-state index in [9.17, 15) is 4.79 Å². The standard InChI is InChI=1S/C14H20N2O2S/c1-4-18-14(17)12-9-19-13(15-12)10-5-7-11(8-6-10)16(2)3/h5-8,12-13,15H,4,9H2,1-3H3/t12-,13?/m0/s1. The van der Waals surface area contributed by atoms with Crippen LogP contribution in [0.5, 0.6) is 0 Å². The Balaban J connectivity index is 1.98. The first-order valence-electron chi connectivity index (χ1n) is 6.43. The molecule has 1 aliphatic heterocycles. The zero-order valence-corrected chi connectivity index (χ0v) is 12.4. The number of carbonyl (C=O) groups excluding carboxylic acids is 1. The Morgan fingerprint density at radius 2 is 2.11 bits per heavy atom. The van der Waals surface area contributed by atoms with Gasteiger partial charge in [-0.25, -0.2) is 0 Å². The minimum Gasteiger partial charge on any atom is -0.465 e. The molecule has 2 rings (SSSR count). The van der Waals surface area contributed by atoms with Crippen LogP contribution in [-0.2, 0) is 9.53 Å². The first-order valence-corrected chi connectivity index (χ1v) is 7.48. The summed E-state index contributed by atoms with van der Waals surface area (Å²) in [5, 5.41) is 3.49. The zero-order chi connectivity index (χ0) is 13.8. The molecular formula is C14H20N2O2S. The van der Waals surface area contributed by atoms with E-state index in [1.54, 1.807) is 11.8 Å². The first-order chi connectivity index (χ1) is 9.11. The Kier molecular flexibility index (Phi) is 4.71. The number of hydrogen-bond donors (Lipinski definition) is 1. The molecule has 0 bridgehead atoms. The minimum atomic E-state index is -0.191. The molecule has 0 amide bonds. The Morgan fingerprint density at radius 1 is 1.42 bits per heavy atom. The van der Waals surface area contributed by atoms with E-state index in [1.165, 1.54) is 11.3 Å². The van der Waals surface area contributed by atoms with Crippen LogP contribution < -0.4 is 10.2 Å². The maximum atomic E-state index is 11.7. The van der Waals surface area contributed by atoms with Gasteiger partial charge < -0.3 is 9.64 Å². The molecule has 1 unspecified atom stereocenters. The molecule has 1 N–H and O–H groups in total. The number of ether oxygens (including phenoxy) is 1. The minimum absolute atomic E-state index is 0.151. The summed E-state index contributed by atoms with van der Waals surface area (Å²) in [6, 6.07) is 8.20. The van der Waals surface area contributed by atoms with Gasteiger partial charge in [-0.15, -0.1) is 11.8 Å². The molecule has 19 heavy (non-hydrogen) atoms. The van der Waals surface area contributed by atoms with Crippen LogP contribution in [0.1, 0.15) is 17.9 Å². The van der Waals surface area contributed by atoms with Gasteiger partial charge in [0.1, 0.15) is 6.04 Å². The van der Waals surface area contributed by atoms with E-state index >= 15 is 0 Å². The van der Waals surface area contributed by atoms with E-state index in [0.717, 1.165) is 5.75 Å². The van der Waals surface area contributed by atoms with Crippen molar-refractivity contribution in [2.24, 2.45) is 0 Å². The molecular weight excluding hydrogens is 260 g/mol. The lowest BCUT2D eigenvalue weighted by molar-refractivity contribution is -0.144. The van der Waals surface area contributed by atoms with Crippen LogP contribution >= 0.6 is 11.8 Å². The summed E-state index contributed by atoms with van der Waals surface area (Å²) in [5.74, 6) is 0.612. The van der Waals surface area contributed by atoms with Crippen LogP contribution in [0.4, 0.5) is 5.69 Å². The van der Waals surface area contributed by atoms with Crippen molar-refractivity contribution in [3.63, 3.8) is 0 Å². The van der Waals surface area contributed by atoms with Crippen LogP contribution in [0.25, 0.3) is 0 Å². The smallest absolute Gasteiger partial charge is 0.324 e. The van der Waals surface area contributed by atoms with Gasteiger partial charge in [-0.2, -0.15) is 0 Å². The first kappa shape index (κ1) is 14.2. The highest BCUT2D eigenvalue weighted by molar-refractivity contribution is 7.99. The van der Waals surface area contributed by atoms with Gasteiger partial charge in [0, 0.05) is 25.5 Å². The topological polar surface area (TPSA) is 41.6 Å². The lowest BCUT2D eigenvalue weighted by Gasteiger charge is -2.16. The largest absolute Gasteiger partial charge is 0.465 e. The average molecular weight is 280 g/mol. The maximum absolute atomic E-state index is 11.7. The number of carbonyl (C=O) groups is 1. The zero-order valence-electron chi connectivity index (χ0n) is 11.6. The van der Waals surface area contributed by atoms with E-state index < -0.39 is 0 Å². The van der Waals surface area contributed by atoms with E-state index in [4.69, 9.17) is 4.74 Å². The fraction of sp³-hybridized carbons (Fsp3) is 0.500. The van der Waals surface area contributed by atoms with Crippen LogP contribution in [0.2, 0.25) is 0 Å². The van der Waals surface area contributed by atoms with E-state index in [0.29, 0.717) is 6.61 Å². The summed E-state index contributed by atoms with van der Waals surface area (Å²) in [4.78, 5) is 13.7. The Morgan fingerprint density at radius 3 is 2.68 bits per heavy atom. The van der Waals surface area contributed by atoms with Gasteiger partial charge in [0.2, 0.25) is 0 Å². The molecule has 0 spiro atoms. The molecule has 1 aromatic rings. The fourth-order valence-corrected chi connectivity index (χ4v) is 3.22. The highest BCUT2D eigenvalue weighted by atomic mass is 32.2. The second-order valence-electron chi connectivity index (χ2n) is 4.67. The molecule has 2 atom stereocenters. The van der Waals surface area contributed by atoms with Gasteiger partial charge in [-0.05, 0) is 24.6 Å². The second-order valence-corrected chi connectivity index (χ2v) is 5.81. The molecule has 0 aliphatic carbocycles. The van der Waals surface area contributed by atoms with Crippen molar-refractivity contribution in [1.29, 1.82) is 0 Å². The number of benzene rings is 1. The van der Waals surface area contributed by atoms with Gasteiger partial charge in [-0.1, -0.05) is 12.1 Å². The molecule has 1 aliphatic rings. The molecule has 0 radical (unpaired) electrons. The lowest BCUT2D eigenvalue weighted by Crippen LogP contribution is -2.35. The van der Waals surface area contributed by atoms with Crippen LogP contribution in [0, 0.1) is 0 Å². The summed E-state index contributed by atoms with van der Waals surface area (Å²) >= 11 is 1.75.